The molecule has 1 rings (SSSR count). The van der Waals surface area contributed by atoms with Crippen LogP contribution < -0.4 is 64.4 Å². The molecule has 1 aliphatic rings. The van der Waals surface area contributed by atoms with Crippen molar-refractivity contribution in [1.82, 2.24) is 0 Å². The maximum atomic E-state index is 11.1. The van der Waals surface area contributed by atoms with Crippen molar-refractivity contribution in [2.75, 3.05) is 11.5 Å². The molecule has 0 aliphatic carbocycles. The van der Waals surface area contributed by atoms with E-state index in [-0.39, 0.29) is 71.2 Å². The topological polar surface area (TPSA) is 133 Å². The summed E-state index contributed by atoms with van der Waals surface area (Å²) in [6, 6.07) is 0. The van der Waals surface area contributed by atoms with Crippen molar-refractivity contribution in [3.05, 3.63) is 0 Å². The number of hydrogen-bond acceptors (Lipinski definition) is 9. The molecular formula is C4H6Na2O8S3. The molecule has 0 aromatic heterocycles. The van der Waals surface area contributed by atoms with Crippen molar-refractivity contribution in [3.8, 4) is 0 Å². The Morgan fingerprint density at radius 1 is 1.24 bits per heavy atom. The molecule has 8 nitrogen and oxygen atoms in total. The van der Waals surface area contributed by atoms with Crippen molar-refractivity contribution in [3.63, 3.8) is 0 Å². The molecule has 0 bridgehead atoms. The Hall–Kier alpha value is 2.09. The molecule has 1 aliphatic heterocycles. The third-order valence-electron chi connectivity index (χ3n) is 1.81. The first-order chi connectivity index (χ1) is 6.76. The zero-order valence-electron chi connectivity index (χ0n) is 9.06. The molecule has 17 heavy (non-hydrogen) atoms. The Labute approximate surface area is 147 Å². The molecule has 0 N–H and O–H groups in total. The summed E-state index contributed by atoms with van der Waals surface area (Å²) >= 11 is 0.228. The second-order valence-electron chi connectivity index (χ2n) is 2.88. The Kier molecular flexibility index (Phi) is 10.6. The van der Waals surface area contributed by atoms with Gasteiger partial charge in [0.2, 0.25) is 0 Å². The minimum absolute atomic E-state index is 0. The zero-order chi connectivity index (χ0) is 11.7. The summed E-state index contributed by atoms with van der Waals surface area (Å²) in [5.41, 5.74) is 0. The summed E-state index contributed by atoms with van der Waals surface area (Å²) in [7, 11) is -8.34. The molecule has 0 radical (unpaired) electrons. The molecule has 0 spiro atoms. The standard InChI is InChI=1S/C4H8O8S3.2Na/c5-11-12-13-3-1-14(6,7)2-4(3)15(8,9)10;;/h3-5H,1-2H2,(H,8,9,10);;/q;2*+1/p-2. The summed E-state index contributed by atoms with van der Waals surface area (Å²) in [6.07, 6.45) is 0. The van der Waals surface area contributed by atoms with Gasteiger partial charge in [-0.3, -0.25) is 5.04 Å². The molecule has 0 aromatic rings. The minimum atomic E-state index is -4.74. The maximum Gasteiger partial charge on any atom is 1.00 e. The van der Waals surface area contributed by atoms with Crippen molar-refractivity contribution in [2.24, 2.45) is 0 Å². The normalized spacial score (nSPS) is 26.9. The molecule has 2 unspecified atom stereocenters. The molecule has 0 saturated carbocycles. The number of sulfone groups is 1. The van der Waals surface area contributed by atoms with E-state index in [1.165, 1.54) is 0 Å². The van der Waals surface area contributed by atoms with Gasteiger partial charge in [-0.15, -0.1) is 0 Å². The Balaban J connectivity index is 0. The van der Waals surface area contributed by atoms with Gasteiger partial charge in [0.25, 0.3) is 0 Å². The molecule has 0 aromatic carbocycles. The van der Waals surface area contributed by atoms with Crippen molar-refractivity contribution < 1.29 is 95.1 Å². The fourth-order valence-corrected chi connectivity index (χ4v) is 6.55. The monoisotopic (exact) mass is 324 g/mol. The van der Waals surface area contributed by atoms with Crippen LogP contribution in [-0.2, 0) is 29.3 Å². The van der Waals surface area contributed by atoms with E-state index in [9.17, 15) is 26.6 Å². The third kappa shape index (κ3) is 6.88. The predicted molar refractivity (Wildman–Crippen MR) is 45.7 cm³/mol. The van der Waals surface area contributed by atoms with Gasteiger partial charge >= 0.3 is 59.1 Å². The molecule has 13 heteroatoms. The van der Waals surface area contributed by atoms with Crippen LogP contribution in [0, 0.1) is 0 Å². The summed E-state index contributed by atoms with van der Waals surface area (Å²) in [4.78, 5) is 0. The second-order valence-corrected chi connectivity index (χ2v) is 7.56. The van der Waals surface area contributed by atoms with Crippen LogP contribution in [0.5, 0.6) is 0 Å². The van der Waals surface area contributed by atoms with Crippen molar-refractivity contribution in [1.29, 1.82) is 0 Å². The van der Waals surface area contributed by atoms with Crippen molar-refractivity contribution >= 4 is 32.0 Å². The zero-order valence-corrected chi connectivity index (χ0v) is 15.5. The molecule has 90 valence electrons. The first-order valence-corrected chi connectivity index (χ1v) is 7.63. The van der Waals surface area contributed by atoms with E-state index in [0.29, 0.717) is 0 Å². The Morgan fingerprint density at radius 2 is 1.76 bits per heavy atom. The maximum absolute atomic E-state index is 11.1. The van der Waals surface area contributed by atoms with Gasteiger partial charge in [-0.25, -0.2) is 16.8 Å². The summed E-state index contributed by atoms with van der Waals surface area (Å²) < 4.78 is 58.0. The summed E-state index contributed by atoms with van der Waals surface area (Å²) in [6.45, 7) is 0. The minimum Gasteiger partial charge on any atom is -0.748 e. The van der Waals surface area contributed by atoms with Gasteiger partial charge in [-0.1, -0.05) is 0 Å². The Morgan fingerprint density at radius 3 is 2.18 bits per heavy atom. The van der Waals surface area contributed by atoms with E-state index in [4.69, 9.17) is 0 Å². The van der Waals surface area contributed by atoms with E-state index < -0.39 is 42.0 Å². The van der Waals surface area contributed by atoms with Crippen molar-refractivity contribution in [2.45, 2.75) is 10.5 Å². The van der Waals surface area contributed by atoms with E-state index in [1.807, 2.05) is 0 Å². The van der Waals surface area contributed by atoms with E-state index in [0.717, 1.165) is 0 Å². The summed E-state index contributed by atoms with van der Waals surface area (Å²) in [5, 5.41) is 9.70. The fourth-order valence-electron chi connectivity index (χ4n) is 1.21. The molecule has 2 atom stereocenters. The smallest absolute Gasteiger partial charge is 0.748 e. The average Bonchev–Trinajstić information content (AvgIpc) is 2.37. The SMILES string of the molecule is O=S1(=O)CC(SOO[O-])C(S(=O)(=O)[O-])C1.[Na+].[Na+]. The quantitative estimate of drug-likeness (QED) is 0.162. The first-order valence-electron chi connectivity index (χ1n) is 3.53. The van der Waals surface area contributed by atoms with Gasteiger partial charge in [0, 0.05) is 12.0 Å². The first kappa shape index (κ1) is 21.4. The van der Waals surface area contributed by atoms with E-state index in [2.05, 4.69) is 9.37 Å². The van der Waals surface area contributed by atoms with Gasteiger partial charge < -0.3 is 9.81 Å². The molecule has 1 heterocycles. The van der Waals surface area contributed by atoms with Crippen LogP contribution in [-0.4, -0.2) is 43.4 Å². The number of hydrogen-bond donors (Lipinski definition) is 0. The van der Waals surface area contributed by atoms with Gasteiger partial charge in [0.15, 0.2) is 9.84 Å². The largest absolute Gasteiger partial charge is 1.00 e. The van der Waals surface area contributed by atoms with Crippen LogP contribution in [0.3, 0.4) is 0 Å². The van der Waals surface area contributed by atoms with Gasteiger partial charge in [0.05, 0.1) is 32.1 Å². The van der Waals surface area contributed by atoms with Crippen LogP contribution in [0.25, 0.3) is 0 Å². The van der Waals surface area contributed by atoms with Crippen LogP contribution in [0.2, 0.25) is 0 Å². The molecule has 1 saturated heterocycles. The molecule has 1 fully saturated rings. The van der Waals surface area contributed by atoms with Gasteiger partial charge in [-0.2, -0.15) is 4.33 Å². The third-order valence-corrected chi connectivity index (χ3v) is 6.25. The molecule has 0 amide bonds. The Bertz CT molecular complexity index is 418. The van der Waals surface area contributed by atoms with Crippen LogP contribution >= 0.6 is 12.0 Å². The van der Waals surface area contributed by atoms with E-state index in [1.54, 1.807) is 0 Å². The molecular weight excluding hydrogens is 318 g/mol. The predicted octanol–water partition coefficient (Wildman–Crippen LogP) is -8.42. The van der Waals surface area contributed by atoms with Crippen LogP contribution in [0.4, 0.5) is 0 Å². The van der Waals surface area contributed by atoms with Crippen LogP contribution in [0.1, 0.15) is 0 Å². The van der Waals surface area contributed by atoms with Gasteiger partial charge in [-0.05, 0) is 0 Å². The number of rotatable bonds is 4. The average molecular weight is 324 g/mol. The summed E-state index contributed by atoms with van der Waals surface area (Å²) in [5.74, 6) is -1.29. The second kappa shape index (κ2) is 8.39. The van der Waals surface area contributed by atoms with Gasteiger partial charge in [0.1, 0.15) is 0 Å². The van der Waals surface area contributed by atoms with E-state index >= 15 is 0 Å². The fraction of sp³-hybridized carbons (Fsp3) is 1.00. The van der Waals surface area contributed by atoms with Crippen LogP contribution in [0.15, 0.2) is 0 Å².